The van der Waals surface area contributed by atoms with Crippen LogP contribution in [0.3, 0.4) is 0 Å². The third-order valence-electron chi connectivity index (χ3n) is 8.10. The van der Waals surface area contributed by atoms with Crippen molar-refractivity contribution < 1.29 is 49.3 Å². The second-order valence-electron chi connectivity index (χ2n) is 11.4. The van der Waals surface area contributed by atoms with Gasteiger partial charge in [0.15, 0.2) is 6.29 Å². The van der Waals surface area contributed by atoms with Crippen molar-refractivity contribution in [2.24, 2.45) is 28.9 Å². The van der Waals surface area contributed by atoms with Crippen LogP contribution in [0.5, 0.6) is 0 Å². The number of rotatable bonds is 11. The van der Waals surface area contributed by atoms with Crippen LogP contribution in [0.2, 0.25) is 0 Å². The second-order valence-corrected chi connectivity index (χ2v) is 11.4. The molecule has 2 amide bonds. The van der Waals surface area contributed by atoms with Crippen molar-refractivity contribution in [1.82, 2.24) is 16.0 Å². The molecule has 17 heteroatoms. The number of aliphatic hydroxyl groups is 5. The first kappa shape index (κ1) is 34.5. The molecule has 16 N–H and O–H groups in total. The van der Waals surface area contributed by atoms with E-state index in [1.807, 2.05) is 0 Å². The zero-order chi connectivity index (χ0) is 31.4. The van der Waals surface area contributed by atoms with Crippen molar-refractivity contribution in [3.8, 4) is 0 Å². The first-order valence-corrected chi connectivity index (χ1v) is 14.0. The van der Waals surface area contributed by atoms with Gasteiger partial charge in [0.2, 0.25) is 5.91 Å². The van der Waals surface area contributed by atoms with Gasteiger partial charge in [0.25, 0.3) is 5.91 Å². The highest BCUT2D eigenvalue weighted by Crippen LogP contribution is 2.36. The molecule has 3 rings (SSSR count). The van der Waals surface area contributed by atoms with E-state index in [4.69, 9.17) is 37.1 Å². The lowest BCUT2D eigenvalue weighted by Crippen LogP contribution is -2.69. The van der Waals surface area contributed by atoms with Gasteiger partial charge >= 0.3 is 0 Å². The summed E-state index contributed by atoms with van der Waals surface area (Å²) in [5.74, 6) is -2.00. The van der Waals surface area contributed by atoms with E-state index in [-0.39, 0.29) is 32.7 Å². The SMILES string of the molecule is CN[C@@H]1[C@@H](O)[C@@H](O[C@@H]2[C@@H](O)[C@H](C3OC(CNC(=O)C(O)CN)=CC[C@H]3N)[C@@H](N)C[C@H]2NC(=O)[C@@H](O)CN)OC[C@]1(C)O. The fourth-order valence-corrected chi connectivity index (χ4v) is 5.74. The third-order valence-corrected chi connectivity index (χ3v) is 8.10. The zero-order valence-electron chi connectivity index (χ0n) is 23.8. The molecule has 17 nitrogen and oxygen atoms in total. The van der Waals surface area contributed by atoms with Gasteiger partial charge in [0.1, 0.15) is 41.9 Å². The molecule has 0 spiro atoms. The number of ether oxygens (including phenoxy) is 3. The molecule has 0 aromatic rings. The summed E-state index contributed by atoms with van der Waals surface area (Å²) in [7, 11) is 1.55. The fraction of sp³-hybridized carbons (Fsp3) is 0.840. The predicted molar refractivity (Wildman–Crippen MR) is 147 cm³/mol. The molecular formula is C25H47N7O10. The van der Waals surface area contributed by atoms with Gasteiger partial charge in [-0.1, -0.05) is 0 Å². The predicted octanol–water partition coefficient (Wildman–Crippen LogP) is -6.62. The molecule has 242 valence electrons. The summed E-state index contributed by atoms with van der Waals surface area (Å²) in [6.07, 6.45) is -7.06. The molecule has 1 saturated carbocycles. The molecule has 42 heavy (non-hydrogen) atoms. The molecule has 2 fully saturated rings. The molecule has 1 saturated heterocycles. The van der Waals surface area contributed by atoms with E-state index < -0.39 is 90.4 Å². The van der Waals surface area contributed by atoms with E-state index in [9.17, 15) is 35.1 Å². The molecule has 3 aliphatic rings. The smallest absolute Gasteiger partial charge is 0.250 e. The average molecular weight is 606 g/mol. The number of hydrogen-bond acceptors (Lipinski definition) is 15. The molecule has 0 radical (unpaired) electrons. The van der Waals surface area contributed by atoms with Crippen LogP contribution in [0.1, 0.15) is 19.8 Å². The summed E-state index contributed by atoms with van der Waals surface area (Å²) in [6.45, 7) is 0.616. The summed E-state index contributed by atoms with van der Waals surface area (Å²) in [5.41, 5.74) is 22.2. The largest absolute Gasteiger partial charge is 0.491 e. The summed E-state index contributed by atoms with van der Waals surface area (Å²) >= 11 is 0. The minimum absolute atomic E-state index is 0.0521. The number of hydrogen-bond donors (Lipinski definition) is 12. The molecule has 2 unspecified atom stereocenters. The number of nitrogens with one attached hydrogen (secondary N) is 3. The van der Waals surface area contributed by atoms with Gasteiger partial charge < -0.3 is 78.6 Å². The van der Waals surface area contributed by atoms with Gasteiger partial charge in [-0.25, -0.2) is 0 Å². The minimum atomic E-state index is -1.52. The van der Waals surface area contributed by atoms with Crippen molar-refractivity contribution in [3.63, 3.8) is 0 Å². The first-order chi connectivity index (χ1) is 19.7. The quantitative estimate of drug-likeness (QED) is 0.104. The first-order valence-electron chi connectivity index (χ1n) is 14.0. The number of carbonyl (C=O) groups is 2. The van der Waals surface area contributed by atoms with Gasteiger partial charge in [0, 0.05) is 31.1 Å². The zero-order valence-corrected chi connectivity index (χ0v) is 23.8. The van der Waals surface area contributed by atoms with E-state index >= 15 is 0 Å². The summed E-state index contributed by atoms with van der Waals surface area (Å²) < 4.78 is 17.8. The number of nitrogens with two attached hydrogens (primary N) is 4. The van der Waals surface area contributed by atoms with Crippen molar-refractivity contribution in [2.75, 3.05) is 33.3 Å². The van der Waals surface area contributed by atoms with Gasteiger partial charge in [-0.05, 0) is 32.9 Å². The van der Waals surface area contributed by atoms with Crippen LogP contribution in [0.15, 0.2) is 11.8 Å². The van der Waals surface area contributed by atoms with Crippen molar-refractivity contribution in [2.45, 2.75) is 92.4 Å². The Morgan fingerprint density at radius 3 is 2.38 bits per heavy atom. The fourth-order valence-electron chi connectivity index (χ4n) is 5.74. The normalized spacial score (nSPS) is 40.3. The maximum atomic E-state index is 12.6. The number of carbonyl (C=O) groups excluding carboxylic acids is 2. The molecule has 0 aromatic heterocycles. The van der Waals surface area contributed by atoms with Crippen molar-refractivity contribution >= 4 is 11.8 Å². The minimum Gasteiger partial charge on any atom is -0.491 e. The number of amides is 2. The molecule has 0 bridgehead atoms. The Balaban J connectivity index is 1.83. The van der Waals surface area contributed by atoms with Crippen LogP contribution in [0, 0.1) is 5.92 Å². The Morgan fingerprint density at radius 1 is 1.12 bits per heavy atom. The van der Waals surface area contributed by atoms with Crippen LogP contribution < -0.4 is 38.9 Å². The van der Waals surface area contributed by atoms with E-state index in [0.717, 1.165) is 0 Å². The molecular weight excluding hydrogens is 558 g/mol. The van der Waals surface area contributed by atoms with E-state index in [0.29, 0.717) is 12.2 Å². The molecule has 1 aliphatic carbocycles. The lowest BCUT2D eigenvalue weighted by Gasteiger charge is -2.50. The molecule has 2 heterocycles. The number of aliphatic hydroxyl groups excluding tert-OH is 4. The van der Waals surface area contributed by atoms with E-state index in [1.54, 1.807) is 13.1 Å². The topological polar surface area (TPSA) is 303 Å². The summed E-state index contributed by atoms with van der Waals surface area (Å²) in [4.78, 5) is 24.5. The van der Waals surface area contributed by atoms with Crippen LogP contribution in [-0.2, 0) is 23.8 Å². The van der Waals surface area contributed by atoms with Gasteiger partial charge in [0.05, 0.1) is 31.3 Å². The Morgan fingerprint density at radius 2 is 1.76 bits per heavy atom. The maximum absolute atomic E-state index is 12.6. The van der Waals surface area contributed by atoms with Crippen LogP contribution in [0.25, 0.3) is 0 Å². The standard InChI is InChI=1S/C25H47N7O10/c1-25(39)9-40-24(18(36)21(25)30-2)42-20-13(32-23(38)15(34)7-27)5-12(29)16(17(20)35)19-11(28)4-3-10(41-19)8-31-22(37)14(33)6-26/h3,11-21,24,30,33-36,39H,4-9,26-29H2,1-2H3,(H,31,37)(H,32,38)/t11-,12+,13-,14?,15+,16-,17+,18-,19?,20+,21-,24-,25+/m1/s1. The summed E-state index contributed by atoms with van der Waals surface area (Å²) in [5, 5.41) is 60.8. The van der Waals surface area contributed by atoms with Gasteiger partial charge in [-0.2, -0.15) is 0 Å². The van der Waals surface area contributed by atoms with Gasteiger partial charge in [-0.3, -0.25) is 9.59 Å². The lowest BCUT2D eigenvalue weighted by atomic mass is 9.72. The van der Waals surface area contributed by atoms with E-state index in [1.165, 1.54) is 6.92 Å². The van der Waals surface area contributed by atoms with Crippen molar-refractivity contribution in [1.29, 1.82) is 0 Å². The highest BCUT2D eigenvalue weighted by molar-refractivity contribution is 5.81. The maximum Gasteiger partial charge on any atom is 0.250 e. The Kier molecular flexibility index (Phi) is 12.0. The van der Waals surface area contributed by atoms with E-state index in [2.05, 4.69) is 16.0 Å². The van der Waals surface area contributed by atoms with Crippen LogP contribution in [-0.4, -0.2) is 143 Å². The monoisotopic (exact) mass is 605 g/mol. The Bertz CT molecular complexity index is 959. The highest BCUT2D eigenvalue weighted by atomic mass is 16.7. The summed E-state index contributed by atoms with van der Waals surface area (Å²) in [6, 6.07) is -3.20. The Hall–Kier alpha value is -2.00. The highest BCUT2D eigenvalue weighted by Gasteiger charge is 2.53. The van der Waals surface area contributed by atoms with Crippen molar-refractivity contribution in [3.05, 3.63) is 11.8 Å². The third kappa shape index (κ3) is 7.74. The second kappa shape index (κ2) is 14.7. The number of likely N-dealkylation sites (N-methyl/N-ethyl adjacent to an activating group) is 1. The Labute approximate surface area is 243 Å². The molecule has 0 aromatic carbocycles. The van der Waals surface area contributed by atoms with Crippen LogP contribution >= 0.6 is 0 Å². The molecule has 2 aliphatic heterocycles. The lowest BCUT2D eigenvalue weighted by molar-refractivity contribution is -0.297. The average Bonchev–Trinajstić information content (AvgIpc) is 2.95. The van der Waals surface area contributed by atoms with Gasteiger partial charge in [-0.15, -0.1) is 0 Å². The molecule has 13 atom stereocenters. The van der Waals surface area contributed by atoms with Crippen LogP contribution in [0.4, 0.5) is 0 Å².